The molecule has 1 aromatic rings. The van der Waals surface area contributed by atoms with Gasteiger partial charge in [0.05, 0.1) is 0 Å². The van der Waals surface area contributed by atoms with Gasteiger partial charge >= 0.3 is 0 Å². The molecular weight excluding hydrogens is 261 g/mol. The lowest BCUT2D eigenvalue weighted by Gasteiger charge is -2.21. The van der Waals surface area contributed by atoms with Crippen molar-refractivity contribution in [1.82, 2.24) is 0 Å². The minimum atomic E-state index is -0.619. The number of hydrogen-bond donors (Lipinski definition) is 2. The Bertz CT molecular complexity index is 359. The fourth-order valence-corrected chi connectivity index (χ4v) is 1.87. The lowest BCUT2D eigenvalue weighted by Crippen LogP contribution is -2.34. The van der Waals surface area contributed by atoms with Crippen LogP contribution in [0.1, 0.15) is 25.0 Å². The van der Waals surface area contributed by atoms with Gasteiger partial charge in [-0.3, -0.25) is 0 Å². The second-order valence-corrected chi connectivity index (χ2v) is 5.31. The van der Waals surface area contributed by atoms with Crippen molar-refractivity contribution in [1.29, 1.82) is 0 Å². The monoisotopic (exact) mass is 275 g/mol. The summed E-state index contributed by atoms with van der Waals surface area (Å²) in [5, 5.41) is 9.61. The Morgan fingerprint density at radius 2 is 2.07 bits per heavy atom. The summed E-state index contributed by atoms with van der Waals surface area (Å²) in [5.74, 6) is -0.916. The van der Waals surface area contributed by atoms with E-state index in [1.54, 1.807) is 0 Å². The SMILES string of the molecule is Cc1c(Br)cc(F)c(O)c1CC(C)(C)N. The molecular formula is C11H15BrFNO. The molecule has 0 aromatic heterocycles. The van der Waals surface area contributed by atoms with Crippen molar-refractivity contribution >= 4 is 15.9 Å². The predicted octanol–water partition coefficient (Wildman–Crippen LogP) is 2.88. The maximum atomic E-state index is 13.3. The summed E-state index contributed by atoms with van der Waals surface area (Å²) >= 11 is 3.25. The van der Waals surface area contributed by atoms with E-state index in [0.29, 0.717) is 16.5 Å². The molecule has 0 spiro atoms. The molecule has 15 heavy (non-hydrogen) atoms. The zero-order valence-corrected chi connectivity index (χ0v) is 10.7. The first-order chi connectivity index (χ1) is 6.72. The van der Waals surface area contributed by atoms with E-state index < -0.39 is 11.4 Å². The topological polar surface area (TPSA) is 46.2 Å². The van der Waals surface area contributed by atoms with E-state index >= 15 is 0 Å². The van der Waals surface area contributed by atoms with Gasteiger partial charge in [-0.1, -0.05) is 15.9 Å². The number of aromatic hydroxyl groups is 1. The van der Waals surface area contributed by atoms with Gasteiger partial charge in [-0.05, 0) is 38.8 Å². The van der Waals surface area contributed by atoms with Crippen molar-refractivity contribution in [2.75, 3.05) is 0 Å². The number of hydrogen-bond acceptors (Lipinski definition) is 2. The molecule has 0 saturated carbocycles. The largest absolute Gasteiger partial charge is 0.505 e. The molecule has 0 amide bonds. The van der Waals surface area contributed by atoms with Crippen molar-refractivity contribution in [2.24, 2.45) is 5.73 Å². The van der Waals surface area contributed by atoms with Crippen LogP contribution in [0.2, 0.25) is 0 Å². The molecule has 0 bridgehead atoms. The van der Waals surface area contributed by atoms with Crippen molar-refractivity contribution in [3.63, 3.8) is 0 Å². The number of phenolic OH excluding ortho intramolecular Hbond substituents is 1. The van der Waals surface area contributed by atoms with Gasteiger partial charge in [0, 0.05) is 15.6 Å². The van der Waals surface area contributed by atoms with Gasteiger partial charge in [-0.25, -0.2) is 4.39 Å². The number of benzene rings is 1. The highest BCUT2D eigenvalue weighted by atomic mass is 79.9. The molecule has 1 rings (SSSR count). The molecule has 2 nitrogen and oxygen atoms in total. The Hall–Kier alpha value is -0.610. The highest BCUT2D eigenvalue weighted by molar-refractivity contribution is 9.10. The van der Waals surface area contributed by atoms with Gasteiger partial charge in [-0.15, -0.1) is 0 Å². The summed E-state index contributed by atoms with van der Waals surface area (Å²) in [7, 11) is 0. The summed E-state index contributed by atoms with van der Waals surface area (Å²) in [6.07, 6.45) is 0.432. The first kappa shape index (κ1) is 12.5. The average molecular weight is 276 g/mol. The van der Waals surface area contributed by atoms with Crippen LogP contribution in [0, 0.1) is 12.7 Å². The van der Waals surface area contributed by atoms with Crippen molar-refractivity contribution < 1.29 is 9.50 Å². The number of halogens is 2. The molecule has 0 heterocycles. The van der Waals surface area contributed by atoms with E-state index in [1.165, 1.54) is 6.07 Å². The summed E-state index contributed by atoms with van der Waals surface area (Å²) in [6, 6.07) is 1.26. The standard InChI is InChI=1S/C11H15BrFNO/c1-6-7(5-11(2,3)14)10(15)9(13)4-8(6)12/h4,15H,5,14H2,1-3H3. The molecule has 0 aliphatic carbocycles. The summed E-state index contributed by atoms with van der Waals surface area (Å²) < 4.78 is 13.9. The molecule has 84 valence electrons. The highest BCUT2D eigenvalue weighted by Gasteiger charge is 2.20. The second kappa shape index (κ2) is 4.10. The first-order valence-electron chi connectivity index (χ1n) is 4.67. The minimum absolute atomic E-state index is 0.297. The van der Waals surface area contributed by atoms with Gasteiger partial charge < -0.3 is 10.8 Å². The Morgan fingerprint density at radius 1 is 1.53 bits per heavy atom. The first-order valence-corrected chi connectivity index (χ1v) is 5.47. The Morgan fingerprint density at radius 3 is 2.53 bits per heavy atom. The van der Waals surface area contributed by atoms with Gasteiger partial charge in [0.25, 0.3) is 0 Å². The maximum Gasteiger partial charge on any atom is 0.166 e. The second-order valence-electron chi connectivity index (χ2n) is 4.46. The van der Waals surface area contributed by atoms with Crippen LogP contribution in [0.25, 0.3) is 0 Å². The molecule has 0 aliphatic heterocycles. The van der Waals surface area contributed by atoms with E-state index in [0.717, 1.165) is 5.56 Å². The van der Waals surface area contributed by atoms with Crippen LogP contribution in [-0.4, -0.2) is 10.6 Å². The fourth-order valence-electron chi connectivity index (χ4n) is 1.43. The molecule has 0 fully saturated rings. The molecule has 0 radical (unpaired) electrons. The molecule has 0 unspecified atom stereocenters. The number of phenols is 1. The van der Waals surface area contributed by atoms with Crippen LogP contribution in [0.3, 0.4) is 0 Å². The van der Waals surface area contributed by atoms with E-state index in [1.807, 2.05) is 20.8 Å². The Labute approximate surface area is 97.4 Å². The molecule has 1 aromatic carbocycles. The molecule has 0 saturated heterocycles. The van der Waals surface area contributed by atoms with E-state index in [2.05, 4.69) is 15.9 Å². The van der Waals surface area contributed by atoms with Crippen LogP contribution < -0.4 is 5.73 Å². The zero-order chi connectivity index (χ0) is 11.8. The smallest absolute Gasteiger partial charge is 0.166 e. The summed E-state index contributed by atoms with van der Waals surface area (Å²) in [5.41, 5.74) is 6.77. The normalized spacial score (nSPS) is 11.9. The van der Waals surface area contributed by atoms with Crippen LogP contribution in [0.4, 0.5) is 4.39 Å². The maximum absolute atomic E-state index is 13.3. The molecule has 0 atom stereocenters. The van der Waals surface area contributed by atoms with Crippen molar-refractivity contribution in [2.45, 2.75) is 32.7 Å². The van der Waals surface area contributed by atoms with Gasteiger partial charge in [-0.2, -0.15) is 0 Å². The number of rotatable bonds is 2. The van der Waals surface area contributed by atoms with Crippen molar-refractivity contribution in [3.8, 4) is 5.75 Å². The van der Waals surface area contributed by atoms with Gasteiger partial charge in [0.2, 0.25) is 0 Å². The summed E-state index contributed by atoms with van der Waals surface area (Å²) in [6.45, 7) is 5.50. The summed E-state index contributed by atoms with van der Waals surface area (Å²) in [4.78, 5) is 0. The quantitative estimate of drug-likeness (QED) is 0.872. The lowest BCUT2D eigenvalue weighted by molar-refractivity contribution is 0.414. The third-order valence-electron chi connectivity index (χ3n) is 2.21. The molecule has 4 heteroatoms. The van der Waals surface area contributed by atoms with Crippen molar-refractivity contribution in [3.05, 3.63) is 27.5 Å². The average Bonchev–Trinajstić information content (AvgIpc) is 2.08. The lowest BCUT2D eigenvalue weighted by atomic mass is 9.92. The molecule has 3 N–H and O–H groups in total. The predicted molar refractivity (Wildman–Crippen MR) is 62.5 cm³/mol. The van der Waals surface area contributed by atoms with Crippen LogP contribution >= 0.6 is 15.9 Å². The Balaban J connectivity index is 3.27. The van der Waals surface area contributed by atoms with Crippen LogP contribution in [-0.2, 0) is 6.42 Å². The van der Waals surface area contributed by atoms with Crippen LogP contribution in [0.15, 0.2) is 10.5 Å². The minimum Gasteiger partial charge on any atom is -0.505 e. The number of nitrogens with two attached hydrogens (primary N) is 1. The van der Waals surface area contributed by atoms with E-state index in [-0.39, 0.29) is 5.75 Å². The Kier molecular flexibility index (Phi) is 3.41. The van der Waals surface area contributed by atoms with E-state index in [9.17, 15) is 9.50 Å². The third kappa shape index (κ3) is 2.92. The van der Waals surface area contributed by atoms with Gasteiger partial charge in [0.1, 0.15) is 0 Å². The fraction of sp³-hybridized carbons (Fsp3) is 0.455. The van der Waals surface area contributed by atoms with Crippen LogP contribution in [0.5, 0.6) is 5.75 Å². The van der Waals surface area contributed by atoms with E-state index in [4.69, 9.17) is 5.73 Å². The third-order valence-corrected chi connectivity index (χ3v) is 3.03. The highest BCUT2D eigenvalue weighted by Crippen LogP contribution is 2.32. The molecule has 0 aliphatic rings. The zero-order valence-electron chi connectivity index (χ0n) is 9.06. The van der Waals surface area contributed by atoms with Gasteiger partial charge in [0.15, 0.2) is 11.6 Å².